The van der Waals surface area contributed by atoms with E-state index < -0.39 is 0 Å². The van der Waals surface area contributed by atoms with E-state index in [1.807, 2.05) is 34.9 Å². The van der Waals surface area contributed by atoms with E-state index in [4.69, 9.17) is 5.26 Å². The van der Waals surface area contributed by atoms with Crippen LogP contribution >= 0.6 is 27.7 Å². The van der Waals surface area contributed by atoms with Crippen LogP contribution in [0.25, 0.3) is 5.65 Å². The number of halogens is 1. The number of pyridine rings is 1. The Morgan fingerprint density at radius 2 is 2.11 bits per heavy atom. The maximum absolute atomic E-state index is 8.85. The van der Waals surface area contributed by atoms with Crippen molar-refractivity contribution in [1.82, 2.24) is 14.6 Å². The third kappa shape index (κ3) is 2.35. The molecule has 0 N–H and O–H groups in total. The van der Waals surface area contributed by atoms with Crippen molar-refractivity contribution in [3.63, 3.8) is 0 Å². The highest BCUT2D eigenvalue weighted by Crippen LogP contribution is 2.33. The largest absolute Gasteiger partial charge is 0.277 e. The van der Waals surface area contributed by atoms with Crippen LogP contribution in [0.15, 0.2) is 57.1 Å². The number of hydrogen-bond acceptors (Lipinski definition) is 4. The number of benzene rings is 1. The first-order valence-electron chi connectivity index (χ1n) is 5.45. The van der Waals surface area contributed by atoms with Crippen LogP contribution in [0, 0.1) is 11.3 Å². The molecule has 6 heteroatoms. The van der Waals surface area contributed by atoms with Crippen molar-refractivity contribution in [3.8, 4) is 6.07 Å². The Morgan fingerprint density at radius 1 is 1.21 bits per heavy atom. The standard InChI is InChI=1S/C13H7BrN4S/c14-10-7-9(8-15)4-5-11(10)19-13-17-16-12-3-1-2-6-18(12)13/h1-7H. The predicted octanol–water partition coefficient (Wildman–Crippen LogP) is 3.51. The third-order valence-corrected chi connectivity index (χ3v) is 4.50. The molecular weight excluding hydrogens is 324 g/mol. The maximum Gasteiger partial charge on any atom is 0.200 e. The van der Waals surface area contributed by atoms with Gasteiger partial charge in [-0.1, -0.05) is 6.07 Å². The van der Waals surface area contributed by atoms with Gasteiger partial charge in [-0.25, -0.2) is 0 Å². The predicted molar refractivity (Wildman–Crippen MR) is 76.0 cm³/mol. The summed E-state index contributed by atoms with van der Waals surface area (Å²) in [6.45, 7) is 0. The van der Waals surface area contributed by atoms with Gasteiger partial charge in [-0.05, 0) is 58.0 Å². The van der Waals surface area contributed by atoms with Gasteiger partial charge in [0.2, 0.25) is 0 Å². The van der Waals surface area contributed by atoms with Crippen LogP contribution in [-0.4, -0.2) is 14.6 Å². The summed E-state index contributed by atoms with van der Waals surface area (Å²) in [5.74, 6) is 0. The minimum Gasteiger partial charge on any atom is -0.277 e. The van der Waals surface area contributed by atoms with Crippen molar-refractivity contribution in [2.75, 3.05) is 0 Å². The van der Waals surface area contributed by atoms with Crippen LogP contribution in [0.4, 0.5) is 0 Å². The lowest BCUT2D eigenvalue weighted by Crippen LogP contribution is -1.86. The molecule has 4 nitrogen and oxygen atoms in total. The molecule has 19 heavy (non-hydrogen) atoms. The lowest BCUT2D eigenvalue weighted by Gasteiger charge is -2.03. The summed E-state index contributed by atoms with van der Waals surface area (Å²) in [5, 5.41) is 17.9. The molecule has 0 unspecified atom stereocenters. The Morgan fingerprint density at radius 3 is 2.89 bits per heavy atom. The molecule has 0 saturated carbocycles. The van der Waals surface area contributed by atoms with Gasteiger partial charge in [0.1, 0.15) is 0 Å². The highest BCUT2D eigenvalue weighted by molar-refractivity contribution is 9.10. The van der Waals surface area contributed by atoms with E-state index in [2.05, 4.69) is 32.2 Å². The third-order valence-electron chi connectivity index (χ3n) is 2.54. The second-order valence-corrected chi connectivity index (χ2v) is 5.63. The number of nitriles is 1. The zero-order valence-electron chi connectivity index (χ0n) is 9.62. The van der Waals surface area contributed by atoms with E-state index in [-0.39, 0.29) is 0 Å². The van der Waals surface area contributed by atoms with Gasteiger partial charge in [-0.2, -0.15) is 5.26 Å². The lowest BCUT2D eigenvalue weighted by atomic mass is 10.2. The van der Waals surface area contributed by atoms with Crippen molar-refractivity contribution < 1.29 is 0 Å². The summed E-state index contributed by atoms with van der Waals surface area (Å²) < 4.78 is 2.80. The van der Waals surface area contributed by atoms with Crippen LogP contribution in [0.1, 0.15) is 5.56 Å². The van der Waals surface area contributed by atoms with Crippen LogP contribution in [0.2, 0.25) is 0 Å². The van der Waals surface area contributed by atoms with Gasteiger partial charge in [-0.15, -0.1) is 10.2 Å². The molecule has 0 atom stereocenters. The monoisotopic (exact) mass is 330 g/mol. The Labute approximate surface area is 122 Å². The van der Waals surface area contributed by atoms with Crippen molar-refractivity contribution >= 4 is 33.3 Å². The van der Waals surface area contributed by atoms with Gasteiger partial charge in [-0.3, -0.25) is 4.40 Å². The normalized spacial score (nSPS) is 10.5. The van der Waals surface area contributed by atoms with E-state index in [1.165, 1.54) is 11.8 Å². The van der Waals surface area contributed by atoms with Crippen LogP contribution < -0.4 is 0 Å². The fraction of sp³-hybridized carbons (Fsp3) is 0. The van der Waals surface area contributed by atoms with E-state index >= 15 is 0 Å². The quantitative estimate of drug-likeness (QED) is 0.721. The lowest BCUT2D eigenvalue weighted by molar-refractivity contribution is 0.921. The molecule has 92 valence electrons. The number of hydrogen-bond donors (Lipinski definition) is 0. The number of fused-ring (bicyclic) bond motifs is 1. The first-order valence-corrected chi connectivity index (χ1v) is 7.06. The molecule has 0 saturated heterocycles. The minimum atomic E-state index is 0.627. The topological polar surface area (TPSA) is 54.0 Å². The second kappa shape index (κ2) is 5.03. The van der Waals surface area contributed by atoms with Crippen molar-refractivity contribution in [1.29, 1.82) is 5.26 Å². The van der Waals surface area contributed by atoms with Crippen LogP contribution in [0.5, 0.6) is 0 Å². The van der Waals surface area contributed by atoms with Gasteiger partial charge in [0.15, 0.2) is 10.8 Å². The molecule has 0 aliphatic heterocycles. The van der Waals surface area contributed by atoms with Gasteiger partial charge in [0.05, 0.1) is 11.6 Å². The average molecular weight is 331 g/mol. The van der Waals surface area contributed by atoms with Gasteiger partial charge < -0.3 is 0 Å². The van der Waals surface area contributed by atoms with Gasteiger partial charge >= 0.3 is 0 Å². The Balaban J connectivity index is 2.00. The molecule has 0 aliphatic carbocycles. The molecule has 0 fully saturated rings. The Hall–Kier alpha value is -1.84. The first kappa shape index (κ1) is 12.2. The fourth-order valence-corrected chi connectivity index (χ4v) is 3.09. The highest BCUT2D eigenvalue weighted by Gasteiger charge is 2.09. The molecule has 0 radical (unpaired) electrons. The number of rotatable bonds is 2. The summed E-state index contributed by atoms with van der Waals surface area (Å²) in [6, 6.07) is 13.4. The smallest absolute Gasteiger partial charge is 0.200 e. The van der Waals surface area contributed by atoms with Crippen LogP contribution in [0.3, 0.4) is 0 Å². The van der Waals surface area contributed by atoms with Gasteiger partial charge in [0, 0.05) is 15.6 Å². The number of aromatic nitrogens is 3. The summed E-state index contributed by atoms with van der Waals surface area (Å²) in [7, 11) is 0. The molecule has 2 aromatic heterocycles. The molecule has 2 heterocycles. The second-order valence-electron chi connectivity index (χ2n) is 3.77. The molecule has 1 aromatic carbocycles. The highest BCUT2D eigenvalue weighted by atomic mass is 79.9. The minimum absolute atomic E-state index is 0.627. The van der Waals surface area contributed by atoms with E-state index in [9.17, 15) is 0 Å². The first-order chi connectivity index (χ1) is 9.28. The molecule has 0 amide bonds. The maximum atomic E-state index is 8.85. The molecule has 0 spiro atoms. The zero-order valence-corrected chi connectivity index (χ0v) is 12.0. The molecular formula is C13H7BrN4S. The van der Waals surface area contributed by atoms with Crippen molar-refractivity contribution in [3.05, 3.63) is 52.6 Å². The van der Waals surface area contributed by atoms with E-state index in [1.54, 1.807) is 12.1 Å². The summed E-state index contributed by atoms with van der Waals surface area (Å²) in [5.41, 5.74) is 1.44. The van der Waals surface area contributed by atoms with E-state index in [0.717, 1.165) is 20.2 Å². The fourth-order valence-electron chi connectivity index (χ4n) is 1.64. The Kier molecular flexibility index (Phi) is 3.23. The van der Waals surface area contributed by atoms with E-state index in [0.29, 0.717) is 5.56 Å². The molecule has 0 aliphatic rings. The van der Waals surface area contributed by atoms with Crippen LogP contribution in [-0.2, 0) is 0 Å². The van der Waals surface area contributed by atoms with Gasteiger partial charge in [0.25, 0.3) is 0 Å². The summed E-state index contributed by atoms with van der Waals surface area (Å²) in [6.07, 6.45) is 1.93. The molecule has 3 aromatic rings. The zero-order chi connectivity index (χ0) is 13.2. The summed E-state index contributed by atoms with van der Waals surface area (Å²) in [4.78, 5) is 0.997. The van der Waals surface area contributed by atoms with Crippen molar-refractivity contribution in [2.45, 2.75) is 10.1 Å². The Bertz CT molecular complexity index is 791. The molecule has 3 rings (SSSR count). The molecule has 0 bridgehead atoms. The SMILES string of the molecule is N#Cc1ccc(Sc2nnc3ccccn23)c(Br)c1. The number of nitrogens with zero attached hydrogens (tertiary/aromatic N) is 4. The average Bonchev–Trinajstić information content (AvgIpc) is 2.84. The summed E-state index contributed by atoms with van der Waals surface area (Å²) >= 11 is 4.97. The van der Waals surface area contributed by atoms with Crippen molar-refractivity contribution in [2.24, 2.45) is 0 Å².